The number of aromatic nitrogens is 1. The predicted molar refractivity (Wildman–Crippen MR) is 95.2 cm³/mol. The zero-order chi connectivity index (χ0) is 17.2. The Morgan fingerprint density at radius 1 is 1.40 bits per heavy atom. The van der Waals surface area contributed by atoms with Gasteiger partial charge in [-0.2, -0.15) is 0 Å². The number of nitrogens with zero attached hydrogens (tertiary/aromatic N) is 2. The number of carbonyl (C=O) groups excluding carboxylic acids is 1. The maximum absolute atomic E-state index is 11.5. The number of allylic oxidation sites excluding steroid dienone is 2. The van der Waals surface area contributed by atoms with E-state index in [1.165, 1.54) is 45.1 Å². The minimum atomic E-state index is -0.489. The van der Waals surface area contributed by atoms with E-state index in [-0.39, 0.29) is 0 Å². The Hall–Kier alpha value is -1.72. The highest BCUT2D eigenvalue weighted by Crippen LogP contribution is 2.37. The summed E-state index contributed by atoms with van der Waals surface area (Å²) >= 11 is 0. The number of hydrogen-bond acceptors (Lipinski definition) is 4. The van der Waals surface area contributed by atoms with Gasteiger partial charge < -0.3 is 0 Å². The summed E-state index contributed by atoms with van der Waals surface area (Å²) in [7, 11) is 0. The molecular formula is C20H27N3O2. The molecule has 2 N–H and O–H groups in total. The van der Waals surface area contributed by atoms with Crippen LogP contribution in [-0.4, -0.2) is 34.1 Å². The number of hydrogen-bond donors (Lipinski definition) is 2. The van der Waals surface area contributed by atoms with E-state index in [1.54, 1.807) is 17.3 Å². The molecule has 5 heteroatoms. The van der Waals surface area contributed by atoms with Gasteiger partial charge >= 0.3 is 0 Å². The van der Waals surface area contributed by atoms with Gasteiger partial charge in [-0.15, -0.1) is 0 Å². The van der Waals surface area contributed by atoms with Crippen molar-refractivity contribution in [3.63, 3.8) is 0 Å². The summed E-state index contributed by atoms with van der Waals surface area (Å²) in [4.78, 5) is 18.6. The van der Waals surface area contributed by atoms with Gasteiger partial charge in [0, 0.05) is 25.8 Å². The number of fused-ring (bicyclic) bond motifs is 3. The van der Waals surface area contributed by atoms with Gasteiger partial charge in [0.15, 0.2) is 0 Å². The molecule has 25 heavy (non-hydrogen) atoms. The van der Waals surface area contributed by atoms with Crippen LogP contribution >= 0.6 is 0 Å². The summed E-state index contributed by atoms with van der Waals surface area (Å²) in [6.07, 6.45) is 13.0. The van der Waals surface area contributed by atoms with E-state index in [1.807, 2.05) is 6.07 Å². The van der Waals surface area contributed by atoms with Crippen LogP contribution in [0.15, 0.2) is 23.9 Å². The summed E-state index contributed by atoms with van der Waals surface area (Å²) < 4.78 is 0. The van der Waals surface area contributed by atoms with Crippen LogP contribution in [0.3, 0.4) is 0 Å². The van der Waals surface area contributed by atoms with Gasteiger partial charge in [-0.25, -0.2) is 5.48 Å². The van der Waals surface area contributed by atoms with Crippen LogP contribution in [0, 0.1) is 11.8 Å². The molecular weight excluding hydrogens is 314 g/mol. The lowest BCUT2D eigenvalue weighted by Crippen LogP contribution is -2.36. The van der Waals surface area contributed by atoms with Gasteiger partial charge in [0.2, 0.25) is 0 Å². The van der Waals surface area contributed by atoms with E-state index < -0.39 is 5.91 Å². The summed E-state index contributed by atoms with van der Waals surface area (Å²) in [5.41, 5.74) is 6.04. The van der Waals surface area contributed by atoms with Crippen molar-refractivity contribution in [3.05, 3.63) is 40.7 Å². The minimum absolute atomic E-state index is 0.430. The minimum Gasteiger partial charge on any atom is -0.297 e. The van der Waals surface area contributed by atoms with Gasteiger partial charge in [-0.05, 0) is 68.4 Å². The summed E-state index contributed by atoms with van der Waals surface area (Å²) in [6.45, 7) is 3.08. The number of rotatable bonds is 3. The lowest BCUT2D eigenvalue weighted by molar-refractivity contribution is 0.0705. The van der Waals surface area contributed by atoms with Crippen LogP contribution in [0.5, 0.6) is 0 Å². The smallest absolute Gasteiger partial charge is 0.276 e. The van der Waals surface area contributed by atoms with Crippen molar-refractivity contribution in [2.75, 3.05) is 13.1 Å². The first kappa shape index (κ1) is 16.7. The Bertz CT molecular complexity index is 686. The molecule has 2 heterocycles. The van der Waals surface area contributed by atoms with E-state index >= 15 is 0 Å². The molecule has 2 aliphatic carbocycles. The quantitative estimate of drug-likeness (QED) is 0.504. The van der Waals surface area contributed by atoms with Crippen molar-refractivity contribution in [3.8, 4) is 0 Å². The Morgan fingerprint density at radius 2 is 2.32 bits per heavy atom. The van der Waals surface area contributed by atoms with E-state index in [2.05, 4.69) is 16.0 Å². The molecule has 134 valence electrons. The third-order valence-electron chi connectivity index (χ3n) is 6.08. The van der Waals surface area contributed by atoms with E-state index in [0.717, 1.165) is 42.6 Å². The predicted octanol–water partition coefficient (Wildman–Crippen LogP) is 3.09. The van der Waals surface area contributed by atoms with Crippen LogP contribution in [0.25, 0.3) is 0 Å². The Labute approximate surface area is 149 Å². The van der Waals surface area contributed by atoms with Gasteiger partial charge in [0.1, 0.15) is 0 Å². The van der Waals surface area contributed by atoms with Crippen LogP contribution in [-0.2, 0) is 13.0 Å². The number of amides is 1. The molecule has 0 saturated heterocycles. The standard InChI is InChI=1S/C20H27N3O2/c24-20(22-25)18-10-17-6-7-23(13-19(17)21-11-18)12-16-3-1-2-14-4-5-15(8-14)9-16/h4,10-11,15-16,25H,1-3,5-9,12-13H2,(H,22,24). The largest absolute Gasteiger partial charge is 0.297 e. The lowest BCUT2D eigenvalue weighted by Gasteiger charge is -2.33. The van der Waals surface area contributed by atoms with Crippen LogP contribution in [0.2, 0.25) is 0 Å². The van der Waals surface area contributed by atoms with Crippen molar-refractivity contribution >= 4 is 5.91 Å². The fourth-order valence-corrected chi connectivity index (χ4v) is 4.80. The van der Waals surface area contributed by atoms with Gasteiger partial charge in [-0.3, -0.25) is 19.9 Å². The zero-order valence-corrected chi connectivity index (χ0v) is 14.7. The Balaban J connectivity index is 1.38. The number of carbonyl (C=O) groups is 1. The second-order valence-electron chi connectivity index (χ2n) is 7.92. The highest BCUT2D eigenvalue weighted by molar-refractivity contribution is 5.93. The van der Waals surface area contributed by atoms with Crippen molar-refractivity contribution in [2.45, 2.75) is 51.5 Å². The van der Waals surface area contributed by atoms with Crippen LogP contribution in [0.1, 0.15) is 60.1 Å². The molecule has 0 aromatic carbocycles. The third kappa shape index (κ3) is 3.77. The number of hydroxylamine groups is 1. The van der Waals surface area contributed by atoms with E-state index in [0.29, 0.717) is 5.56 Å². The maximum Gasteiger partial charge on any atom is 0.276 e. The molecule has 1 amide bonds. The summed E-state index contributed by atoms with van der Waals surface area (Å²) in [5.74, 6) is 1.20. The fourth-order valence-electron chi connectivity index (χ4n) is 4.80. The summed E-state index contributed by atoms with van der Waals surface area (Å²) in [5, 5.41) is 8.77. The number of pyridine rings is 1. The molecule has 4 rings (SSSR count). The average molecular weight is 341 g/mol. The molecule has 0 radical (unpaired) electrons. The first-order chi connectivity index (χ1) is 12.2. The molecule has 1 fully saturated rings. The molecule has 2 bridgehead atoms. The monoisotopic (exact) mass is 341 g/mol. The molecule has 2 atom stereocenters. The highest BCUT2D eigenvalue weighted by Gasteiger charge is 2.27. The molecule has 1 aromatic heterocycles. The topological polar surface area (TPSA) is 65.5 Å². The highest BCUT2D eigenvalue weighted by atomic mass is 16.5. The first-order valence-corrected chi connectivity index (χ1v) is 9.53. The van der Waals surface area contributed by atoms with Crippen molar-refractivity contribution < 1.29 is 10.0 Å². The normalized spacial score (nSPS) is 26.4. The molecule has 2 unspecified atom stereocenters. The molecule has 1 saturated carbocycles. The van der Waals surface area contributed by atoms with Gasteiger partial charge in [-0.1, -0.05) is 11.6 Å². The summed E-state index contributed by atoms with van der Waals surface area (Å²) in [6, 6.07) is 1.87. The fraction of sp³-hybridized carbons (Fsp3) is 0.600. The zero-order valence-electron chi connectivity index (χ0n) is 14.7. The first-order valence-electron chi connectivity index (χ1n) is 9.53. The van der Waals surface area contributed by atoms with Gasteiger partial charge in [0.25, 0.3) is 5.91 Å². The second-order valence-corrected chi connectivity index (χ2v) is 7.92. The third-order valence-corrected chi connectivity index (χ3v) is 6.08. The van der Waals surface area contributed by atoms with Crippen molar-refractivity contribution in [2.24, 2.45) is 11.8 Å². The molecule has 5 nitrogen and oxygen atoms in total. The molecule has 1 aliphatic heterocycles. The SMILES string of the molecule is O=C(NO)c1cnc2c(c1)CCN(CC1CCCC3=CCC(C3)C1)C2. The number of nitrogens with one attached hydrogen (secondary N) is 1. The second kappa shape index (κ2) is 7.26. The molecule has 1 aromatic rings. The average Bonchev–Trinajstić information content (AvgIpc) is 3.08. The maximum atomic E-state index is 11.5. The van der Waals surface area contributed by atoms with Crippen LogP contribution < -0.4 is 5.48 Å². The molecule has 3 aliphatic rings. The molecule has 0 spiro atoms. The van der Waals surface area contributed by atoms with Crippen molar-refractivity contribution in [1.29, 1.82) is 0 Å². The van der Waals surface area contributed by atoms with Crippen molar-refractivity contribution in [1.82, 2.24) is 15.4 Å². The Morgan fingerprint density at radius 3 is 3.20 bits per heavy atom. The van der Waals surface area contributed by atoms with E-state index in [4.69, 9.17) is 5.21 Å². The lowest BCUT2D eigenvalue weighted by atomic mass is 9.84. The van der Waals surface area contributed by atoms with Gasteiger partial charge in [0.05, 0.1) is 11.3 Å². The van der Waals surface area contributed by atoms with Crippen LogP contribution in [0.4, 0.5) is 0 Å². The Kier molecular flexibility index (Phi) is 4.86. The van der Waals surface area contributed by atoms with E-state index in [9.17, 15) is 4.79 Å².